The third-order valence-corrected chi connectivity index (χ3v) is 6.59. The van der Waals surface area contributed by atoms with Gasteiger partial charge in [-0.05, 0) is 30.4 Å². The summed E-state index contributed by atoms with van der Waals surface area (Å²) in [6.07, 6.45) is 1.66. The zero-order valence-electron chi connectivity index (χ0n) is 21.3. The van der Waals surface area contributed by atoms with E-state index in [4.69, 9.17) is 10.8 Å². The Hall–Kier alpha value is -3.76. The topological polar surface area (TPSA) is 162 Å². The maximum absolute atomic E-state index is 13.3. The average molecular weight is 525 g/mol. The van der Waals surface area contributed by atoms with Crippen LogP contribution in [-0.4, -0.2) is 76.1 Å². The molecule has 204 valence electrons. The molecule has 1 saturated heterocycles. The van der Waals surface area contributed by atoms with E-state index in [-0.39, 0.29) is 19.3 Å². The minimum atomic E-state index is -1.26. The van der Waals surface area contributed by atoms with Crippen molar-refractivity contribution in [2.75, 3.05) is 13.2 Å². The lowest BCUT2D eigenvalue weighted by Gasteiger charge is -2.29. The van der Waals surface area contributed by atoms with Crippen molar-refractivity contribution in [2.24, 2.45) is 5.73 Å². The number of carboxylic acid groups (broad SMARTS) is 1. The van der Waals surface area contributed by atoms with Gasteiger partial charge in [-0.25, -0.2) is 0 Å². The van der Waals surface area contributed by atoms with Crippen LogP contribution in [0.5, 0.6) is 0 Å². The second-order valence-electron chi connectivity index (χ2n) is 9.63. The van der Waals surface area contributed by atoms with E-state index in [9.17, 15) is 24.3 Å². The molecule has 0 aromatic heterocycles. The van der Waals surface area contributed by atoms with Gasteiger partial charge in [-0.3, -0.25) is 19.2 Å². The fraction of sp³-hybridized carbons (Fsp3) is 0.429. The van der Waals surface area contributed by atoms with Gasteiger partial charge in [-0.1, -0.05) is 60.7 Å². The van der Waals surface area contributed by atoms with Gasteiger partial charge < -0.3 is 31.5 Å². The molecule has 6 N–H and O–H groups in total. The van der Waals surface area contributed by atoms with Crippen LogP contribution in [0.15, 0.2) is 60.7 Å². The van der Waals surface area contributed by atoms with Gasteiger partial charge in [0.25, 0.3) is 0 Å². The minimum absolute atomic E-state index is 0.000466. The predicted molar refractivity (Wildman–Crippen MR) is 141 cm³/mol. The SMILES string of the molecule is N[C@H](CC(=O)N[C@@H](Cc1ccccc1)C(=O)N[C@@H](CO)C(=O)N1CCC[C@H]1CC(=O)O)Cc1ccccc1. The second-order valence-corrected chi connectivity index (χ2v) is 9.63. The molecule has 1 aliphatic rings. The maximum Gasteiger partial charge on any atom is 0.305 e. The molecular weight excluding hydrogens is 488 g/mol. The molecule has 0 radical (unpaired) electrons. The lowest BCUT2D eigenvalue weighted by atomic mass is 10.0. The highest BCUT2D eigenvalue weighted by molar-refractivity contribution is 5.92. The first-order valence-corrected chi connectivity index (χ1v) is 12.8. The minimum Gasteiger partial charge on any atom is -0.481 e. The van der Waals surface area contributed by atoms with Gasteiger partial charge in [0.1, 0.15) is 12.1 Å². The Labute approximate surface area is 222 Å². The molecule has 0 spiro atoms. The standard InChI is InChI=1S/C28H36N4O6/c29-21(14-19-8-3-1-4-9-19)16-25(34)30-23(15-20-10-5-2-6-11-20)27(37)31-24(18-33)28(38)32-13-7-12-22(32)17-26(35)36/h1-6,8-11,21-24,33H,7,12-18,29H2,(H,30,34)(H,31,37)(H,35,36)/t21-,22-,23-,24-/m0/s1. The highest BCUT2D eigenvalue weighted by atomic mass is 16.4. The highest BCUT2D eigenvalue weighted by Crippen LogP contribution is 2.21. The van der Waals surface area contributed by atoms with E-state index in [0.717, 1.165) is 11.1 Å². The van der Waals surface area contributed by atoms with Crippen LogP contribution in [0.3, 0.4) is 0 Å². The maximum atomic E-state index is 13.3. The van der Waals surface area contributed by atoms with E-state index < -0.39 is 54.5 Å². The molecule has 3 amide bonds. The van der Waals surface area contributed by atoms with Crippen LogP contribution in [0.2, 0.25) is 0 Å². The Bertz CT molecular complexity index is 1080. The number of aliphatic hydroxyl groups is 1. The number of aliphatic hydroxyl groups excluding tert-OH is 1. The van der Waals surface area contributed by atoms with Crippen molar-refractivity contribution in [1.82, 2.24) is 15.5 Å². The zero-order valence-corrected chi connectivity index (χ0v) is 21.3. The third kappa shape index (κ3) is 8.67. The molecule has 10 nitrogen and oxygen atoms in total. The van der Waals surface area contributed by atoms with E-state index in [2.05, 4.69) is 10.6 Å². The number of nitrogens with one attached hydrogen (secondary N) is 2. The number of hydrogen-bond donors (Lipinski definition) is 5. The molecule has 1 fully saturated rings. The molecule has 10 heteroatoms. The molecule has 0 saturated carbocycles. The first-order valence-electron chi connectivity index (χ1n) is 12.8. The summed E-state index contributed by atoms with van der Waals surface area (Å²) < 4.78 is 0. The molecular formula is C28H36N4O6. The van der Waals surface area contributed by atoms with E-state index in [0.29, 0.717) is 25.8 Å². The summed E-state index contributed by atoms with van der Waals surface area (Å²) in [6, 6.07) is 15.5. The first kappa shape index (κ1) is 28.8. The van der Waals surface area contributed by atoms with Crippen LogP contribution in [0, 0.1) is 0 Å². The summed E-state index contributed by atoms with van der Waals surface area (Å²) >= 11 is 0. The molecule has 1 heterocycles. The van der Waals surface area contributed by atoms with Gasteiger partial charge in [0.15, 0.2) is 0 Å². The molecule has 4 atom stereocenters. The van der Waals surface area contributed by atoms with Crippen LogP contribution in [0.25, 0.3) is 0 Å². The Balaban J connectivity index is 1.66. The van der Waals surface area contributed by atoms with Crippen molar-refractivity contribution in [3.05, 3.63) is 71.8 Å². The summed E-state index contributed by atoms with van der Waals surface area (Å²) in [5, 5.41) is 24.4. The van der Waals surface area contributed by atoms with Gasteiger partial charge in [0.2, 0.25) is 17.7 Å². The van der Waals surface area contributed by atoms with Crippen LogP contribution in [0.1, 0.15) is 36.8 Å². The van der Waals surface area contributed by atoms with Crippen molar-refractivity contribution in [3.8, 4) is 0 Å². The van der Waals surface area contributed by atoms with Crippen molar-refractivity contribution in [1.29, 1.82) is 0 Å². The molecule has 0 aliphatic carbocycles. The molecule has 0 bridgehead atoms. The Morgan fingerprint density at radius 3 is 2.11 bits per heavy atom. The summed E-state index contributed by atoms with van der Waals surface area (Å²) in [5.41, 5.74) is 7.98. The Morgan fingerprint density at radius 2 is 1.53 bits per heavy atom. The number of amides is 3. The summed E-state index contributed by atoms with van der Waals surface area (Å²) in [6.45, 7) is -0.304. The number of hydrogen-bond acceptors (Lipinski definition) is 6. The van der Waals surface area contributed by atoms with E-state index >= 15 is 0 Å². The quantitative estimate of drug-likeness (QED) is 0.256. The molecule has 2 aromatic rings. The lowest BCUT2D eigenvalue weighted by Crippen LogP contribution is -2.57. The van der Waals surface area contributed by atoms with Gasteiger partial charge in [0.05, 0.1) is 13.0 Å². The zero-order chi connectivity index (χ0) is 27.5. The summed E-state index contributed by atoms with van der Waals surface area (Å²) in [5.74, 6) is -2.59. The van der Waals surface area contributed by atoms with E-state index in [1.54, 1.807) is 0 Å². The van der Waals surface area contributed by atoms with Gasteiger partial charge in [-0.2, -0.15) is 0 Å². The number of rotatable bonds is 13. The number of nitrogens with zero attached hydrogens (tertiary/aromatic N) is 1. The van der Waals surface area contributed by atoms with Crippen molar-refractivity contribution in [2.45, 2.75) is 62.7 Å². The smallest absolute Gasteiger partial charge is 0.305 e. The molecule has 1 aliphatic heterocycles. The van der Waals surface area contributed by atoms with Crippen molar-refractivity contribution >= 4 is 23.7 Å². The van der Waals surface area contributed by atoms with Gasteiger partial charge in [0, 0.05) is 31.5 Å². The largest absolute Gasteiger partial charge is 0.481 e. The Morgan fingerprint density at radius 1 is 0.921 bits per heavy atom. The monoisotopic (exact) mass is 524 g/mol. The second kappa shape index (κ2) is 14.3. The van der Waals surface area contributed by atoms with E-state index in [1.165, 1.54) is 4.90 Å². The number of carbonyl (C=O) groups is 4. The highest BCUT2D eigenvalue weighted by Gasteiger charge is 2.35. The normalized spacial score (nSPS) is 17.3. The van der Waals surface area contributed by atoms with E-state index in [1.807, 2.05) is 60.7 Å². The van der Waals surface area contributed by atoms with Crippen molar-refractivity contribution in [3.63, 3.8) is 0 Å². The van der Waals surface area contributed by atoms with Gasteiger partial charge >= 0.3 is 5.97 Å². The number of carboxylic acids is 1. The van der Waals surface area contributed by atoms with Gasteiger partial charge in [-0.15, -0.1) is 0 Å². The number of aliphatic carboxylic acids is 1. The van der Waals surface area contributed by atoms with Crippen LogP contribution in [0.4, 0.5) is 0 Å². The number of benzene rings is 2. The fourth-order valence-corrected chi connectivity index (χ4v) is 4.74. The molecule has 38 heavy (non-hydrogen) atoms. The number of likely N-dealkylation sites (tertiary alicyclic amines) is 1. The fourth-order valence-electron chi connectivity index (χ4n) is 4.74. The number of carbonyl (C=O) groups excluding carboxylic acids is 3. The molecule has 2 aromatic carbocycles. The summed E-state index contributed by atoms with van der Waals surface area (Å²) in [7, 11) is 0. The average Bonchev–Trinajstić information content (AvgIpc) is 3.34. The third-order valence-electron chi connectivity index (χ3n) is 6.59. The van der Waals surface area contributed by atoms with Crippen LogP contribution in [-0.2, 0) is 32.0 Å². The molecule has 0 unspecified atom stereocenters. The molecule has 3 rings (SSSR count). The van der Waals surface area contributed by atoms with Crippen molar-refractivity contribution < 1.29 is 29.4 Å². The predicted octanol–water partition coefficient (Wildman–Crippen LogP) is 0.617. The van der Waals surface area contributed by atoms with Crippen LogP contribution >= 0.6 is 0 Å². The lowest BCUT2D eigenvalue weighted by molar-refractivity contribution is -0.142. The Kier molecular flexibility index (Phi) is 10.8. The van der Waals surface area contributed by atoms with Crippen LogP contribution < -0.4 is 16.4 Å². The number of nitrogens with two attached hydrogens (primary N) is 1. The first-order chi connectivity index (χ1) is 18.3. The summed E-state index contributed by atoms with van der Waals surface area (Å²) in [4.78, 5) is 51.8.